The van der Waals surface area contributed by atoms with Gasteiger partial charge in [-0.15, -0.1) is 0 Å². The summed E-state index contributed by atoms with van der Waals surface area (Å²) in [5, 5.41) is 9.44. The van der Waals surface area contributed by atoms with Crippen molar-refractivity contribution >= 4 is 23.9 Å². The SMILES string of the molecule is CC(=O)OC1O[C@H](CO)[C@H](OC(C)=O)[C@@H](OC(C)=O)[C@H]1OC(C)=O. The number of carbonyl (C=O) groups excluding carboxylic acids is 4. The highest BCUT2D eigenvalue weighted by Crippen LogP contribution is 2.29. The van der Waals surface area contributed by atoms with Crippen LogP contribution in [0.4, 0.5) is 0 Å². The zero-order valence-corrected chi connectivity index (χ0v) is 13.7. The first-order chi connectivity index (χ1) is 11.1. The van der Waals surface area contributed by atoms with Gasteiger partial charge in [0.15, 0.2) is 12.2 Å². The Labute approximate surface area is 137 Å². The first-order valence-electron chi connectivity index (χ1n) is 7.11. The predicted octanol–water partition coefficient (Wildman–Crippen LogP) is -0.938. The average Bonchev–Trinajstić information content (AvgIpc) is 2.42. The molecule has 0 aromatic heterocycles. The molecule has 1 unspecified atom stereocenters. The molecule has 0 amide bonds. The Morgan fingerprint density at radius 2 is 1.17 bits per heavy atom. The fourth-order valence-corrected chi connectivity index (χ4v) is 2.26. The Balaban J connectivity index is 3.23. The molecule has 1 rings (SSSR count). The number of aliphatic hydroxyl groups is 1. The number of carbonyl (C=O) groups is 4. The summed E-state index contributed by atoms with van der Waals surface area (Å²) < 4.78 is 25.4. The summed E-state index contributed by atoms with van der Waals surface area (Å²) in [5.74, 6) is -3.00. The lowest BCUT2D eigenvalue weighted by atomic mass is 9.98. The number of hydrogen-bond acceptors (Lipinski definition) is 10. The standard InChI is InChI=1S/C14H20O10/c1-6(16)20-11-10(5-15)24-14(23-9(4)19)13(22-8(3)18)12(11)21-7(2)17/h10-15H,5H2,1-4H3/t10-,11+,12-,13-,14?/m1/s1. The highest BCUT2D eigenvalue weighted by Gasteiger charge is 2.53. The molecule has 0 aromatic carbocycles. The minimum absolute atomic E-state index is 0.625. The fourth-order valence-electron chi connectivity index (χ4n) is 2.26. The topological polar surface area (TPSA) is 135 Å². The van der Waals surface area contributed by atoms with Crippen molar-refractivity contribution in [2.75, 3.05) is 6.61 Å². The summed E-state index contributed by atoms with van der Waals surface area (Å²) in [6, 6.07) is 0. The van der Waals surface area contributed by atoms with Gasteiger partial charge in [0.05, 0.1) is 6.61 Å². The van der Waals surface area contributed by atoms with Gasteiger partial charge < -0.3 is 28.8 Å². The zero-order chi connectivity index (χ0) is 18.4. The summed E-state index contributed by atoms with van der Waals surface area (Å²) >= 11 is 0. The zero-order valence-electron chi connectivity index (χ0n) is 13.7. The van der Waals surface area contributed by atoms with Crippen LogP contribution in [0.2, 0.25) is 0 Å². The summed E-state index contributed by atoms with van der Waals surface area (Å²) in [4.78, 5) is 45.3. The van der Waals surface area contributed by atoms with Gasteiger partial charge in [-0.25, -0.2) is 0 Å². The lowest BCUT2D eigenvalue weighted by molar-refractivity contribution is -0.299. The maximum atomic E-state index is 11.4. The van der Waals surface area contributed by atoms with E-state index in [2.05, 4.69) is 0 Å². The number of aliphatic hydroxyl groups excluding tert-OH is 1. The molecule has 0 saturated carbocycles. The molecular formula is C14H20O10. The molecule has 10 heteroatoms. The summed E-state index contributed by atoms with van der Waals surface area (Å²) in [7, 11) is 0. The number of esters is 4. The third-order valence-electron chi connectivity index (χ3n) is 2.96. The van der Waals surface area contributed by atoms with Crippen molar-refractivity contribution in [3.05, 3.63) is 0 Å². The maximum absolute atomic E-state index is 11.4. The van der Waals surface area contributed by atoms with E-state index in [0.29, 0.717) is 0 Å². The highest BCUT2D eigenvalue weighted by molar-refractivity contribution is 5.69. The molecule has 0 radical (unpaired) electrons. The number of rotatable bonds is 5. The minimum Gasteiger partial charge on any atom is -0.456 e. The van der Waals surface area contributed by atoms with Crippen LogP contribution in [0.25, 0.3) is 0 Å². The Bertz CT molecular complexity index is 502. The van der Waals surface area contributed by atoms with Crippen LogP contribution in [-0.4, -0.2) is 66.3 Å². The van der Waals surface area contributed by atoms with E-state index in [1.807, 2.05) is 0 Å². The molecule has 10 nitrogen and oxygen atoms in total. The molecule has 1 saturated heterocycles. The first-order valence-corrected chi connectivity index (χ1v) is 7.11. The largest absolute Gasteiger partial charge is 0.456 e. The van der Waals surface area contributed by atoms with Gasteiger partial charge in [-0.3, -0.25) is 19.2 Å². The molecule has 1 aliphatic rings. The van der Waals surface area contributed by atoms with Crippen molar-refractivity contribution in [3.63, 3.8) is 0 Å². The summed E-state index contributed by atoms with van der Waals surface area (Å²) in [5.41, 5.74) is 0. The lowest BCUT2D eigenvalue weighted by Gasteiger charge is -2.43. The molecule has 0 spiro atoms. The second kappa shape index (κ2) is 8.60. The molecule has 0 aliphatic carbocycles. The molecular weight excluding hydrogens is 328 g/mol. The van der Waals surface area contributed by atoms with Gasteiger partial charge in [0.2, 0.25) is 12.4 Å². The smallest absolute Gasteiger partial charge is 0.305 e. The van der Waals surface area contributed by atoms with Gasteiger partial charge in [-0.1, -0.05) is 0 Å². The van der Waals surface area contributed by atoms with E-state index in [0.717, 1.165) is 27.7 Å². The van der Waals surface area contributed by atoms with Crippen LogP contribution in [0.5, 0.6) is 0 Å². The van der Waals surface area contributed by atoms with Crippen LogP contribution in [0.3, 0.4) is 0 Å². The fraction of sp³-hybridized carbons (Fsp3) is 0.714. The molecule has 1 fully saturated rings. The Hall–Kier alpha value is -2.20. The quantitative estimate of drug-likeness (QED) is 0.490. The number of hydrogen-bond donors (Lipinski definition) is 1. The van der Waals surface area contributed by atoms with E-state index in [1.165, 1.54) is 0 Å². The molecule has 24 heavy (non-hydrogen) atoms. The van der Waals surface area contributed by atoms with E-state index in [4.69, 9.17) is 23.7 Å². The predicted molar refractivity (Wildman–Crippen MR) is 74.2 cm³/mol. The molecule has 1 aliphatic heterocycles. The number of ether oxygens (including phenoxy) is 5. The second-order valence-electron chi connectivity index (χ2n) is 5.06. The van der Waals surface area contributed by atoms with Crippen LogP contribution in [0, 0.1) is 0 Å². The third kappa shape index (κ3) is 5.46. The monoisotopic (exact) mass is 348 g/mol. The van der Waals surface area contributed by atoms with Crippen LogP contribution in [-0.2, 0) is 42.9 Å². The third-order valence-corrected chi connectivity index (χ3v) is 2.96. The Kier molecular flexibility index (Phi) is 7.11. The van der Waals surface area contributed by atoms with Gasteiger partial charge in [0, 0.05) is 27.7 Å². The van der Waals surface area contributed by atoms with E-state index in [1.54, 1.807) is 0 Å². The molecule has 136 valence electrons. The van der Waals surface area contributed by atoms with Crippen LogP contribution in [0.15, 0.2) is 0 Å². The molecule has 0 bridgehead atoms. The van der Waals surface area contributed by atoms with E-state index in [-0.39, 0.29) is 0 Å². The Morgan fingerprint density at radius 1 is 0.750 bits per heavy atom. The van der Waals surface area contributed by atoms with Gasteiger partial charge in [-0.05, 0) is 0 Å². The lowest BCUT2D eigenvalue weighted by Crippen LogP contribution is -2.62. The van der Waals surface area contributed by atoms with Crippen molar-refractivity contribution in [2.45, 2.75) is 58.4 Å². The summed E-state index contributed by atoms with van der Waals surface area (Å²) in [6.07, 6.45) is -6.56. The van der Waals surface area contributed by atoms with Crippen molar-refractivity contribution in [1.82, 2.24) is 0 Å². The van der Waals surface area contributed by atoms with E-state index in [9.17, 15) is 24.3 Å². The molecule has 1 N–H and O–H groups in total. The van der Waals surface area contributed by atoms with Gasteiger partial charge in [0.25, 0.3) is 0 Å². The summed E-state index contributed by atoms with van der Waals surface area (Å²) in [6.45, 7) is 3.77. The van der Waals surface area contributed by atoms with Crippen LogP contribution in [0.1, 0.15) is 27.7 Å². The first kappa shape index (κ1) is 19.8. The molecule has 5 atom stereocenters. The average molecular weight is 348 g/mol. The second-order valence-corrected chi connectivity index (χ2v) is 5.06. The van der Waals surface area contributed by atoms with E-state index >= 15 is 0 Å². The normalized spacial score (nSPS) is 29.3. The van der Waals surface area contributed by atoms with E-state index < -0.39 is 61.2 Å². The molecule has 0 aromatic rings. The minimum atomic E-state index is -1.44. The molecule has 1 heterocycles. The van der Waals surface area contributed by atoms with Crippen molar-refractivity contribution in [1.29, 1.82) is 0 Å². The highest BCUT2D eigenvalue weighted by atomic mass is 16.7. The van der Waals surface area contributed by atoms with Gasteiger partial charge in [-0.2, -0.15) is 0 Å². The van der Waals surface area contributed by atoms with Gasteiger partial charge in [0.1, 0.15) is 6.10 Å². The van der Waals surface area contributed by atoms with Crippen molar-refractivity contribution in [2.24, 2.45) is 0 Å². The van der Waals surface area contributed by atoms with Gasteiger partial charge >= 0.3 is 23.9 Å². The van der Waals surface area contributed by atoms with Crippen molar-refractivity contribution < 1.29 is 48.0 Å². The Morgan fingerprint density at radius 3 is 1.58 bits per heavy atom. The van der Waals surface area contributed by atoms with Crippen LogP contribution < -0.4 is 0 Å². The maximum Gasteiger partial charge on any atom is 0.305 e. The van der Waals surface area contributed by atoms with Crippen LogP contribution >= 0.6 is 0 Å². The van der Waals surface area contributed by atoms with Crippen molar-refractivity contribution in [3.8, 4) is 0 Å².